The van der Waals surface area contributed by atoms with Gasteiger partial charge in [-0.25, -0.2) is 0 Å². The van der Waals surface area contributed by atoms with Gasteiger partial charge in [-0.05, 0) is 42.0 Å². The quantitative estimate of drug-likeness (QED) is 0.489. The second kappa shape index (κ2) is 11.4. The monoisotopic (exact) mass is 539 g/mol. The maximum atomic E-state index is 13.1. The Labute approximate surface area is 223 Å². The minimum atomic E-state index is -4.44. The zero-order valence-electron chi connectivity index (χ0n) is 21.1. The van der Waals surface area contributed by atoms with E-state index in [2.05, 4.69) is 15.5 Å². The van der Waals surface area contributed by atoms with Gasteiger partial charge in [0.25, 0.3) is 0 Å². The molecule has 0 unspecified atom stereocenters. The summed E-state index contributed by atoms with van der Waals surface area (Å²) in [7, 11) is 0. The van der Waals surface area contributed by atoms with Crippen molar-refractivity contribution in [1.82, 2.24) is 20.4 Å². The van der Waals surface area contributed by atoms with Crippen molar-refractivity contribution in [3.05, 3.63) is 78.1 Å². The molecule has 0 spiro atoms. The van der Waals surface area contributed by atoms with E-state index in [1.807, 2.05) is 24.3 Å². The van der Waals surface area contributed by atoms with E-state index in [1.165, 1.54) is 12.1 Å². The molecule has 3 aromatic rings. The maximum Gasteiger partial charge on any atom is 0.416 e. The zero-order chi connectivity index (χ0) is 27.4. The van der Waals surface area contributed by atoms with Crippen LogP contribution < -0.4 is 15.0 Å². The molecule has 0 atom stereocenters. The Morgan fingerprint density at radius 3 is 2.36 bits per heavy atom. The molecule has 2 aromatic carbocycles. The standard InChI is InChI=1S/C28H28F3N5O3/c29-28(30,31)21-3-1-2-19(14-21)15-26(37)35-12-9-25(10-13-35)39-24-6-4-22(5-7-24)36(23-8-11-33-34-18-23)27(38)20-16-32-17-20/h1-8,11,14,18,20,25,32H,9-10,12-13,15-17H2. The summed E-state index contributed by atoms with van der Waals surface area (Å²) in [5, 5.41) is 10.8. The highest BCUT2D eigenvalue weighted by molar-refractivity contribution is 6.02. The molecule has 3 heterocycles. The maximum absolute atomic E-state index is 13.1. The van der Waals surface area contributed by atoms with Crippen molar-refractivity contribution in [2.75, 3.05) is 31.1 Å². The minimum absolute atomic E-state index is 0.0161. The van der Waals surface area contributed by atoms with Gasteiger partial charge in [0, 0.05) is 44.7 Å². The van der Waals surface area contributed by atoms with Crippen LogP contribution in [-0.2, 0) is 22.2 Å². The van der Waals surface area contributed by atoms with Crippen molar-refractivity contribution < 1.29 is 27.5 Å². The summed E-state index contributed by atoms with van der Waals surface area (Å²) < 4.78 is 45.1. The molecule has 1 aromatic heterocycles. The van der Waals surface area contributed by atoms with Gasteiger partial charge < -0.3 is 15.0 Å². The van der Waals surface area contributed by atoms with Crippen molar-refractivity contribution in [3.63, 3.8) is 0 Å². The first kappa shape index (κ1) is 26.6. The molecule has 1 N–H and O–H groups in total. The van der Waals surface area contributed by atoms with Gasteiger partial charge in [-0.1, -0.05) is 18.2 Å². The van der Waals surface area contributed by atoms with Crippen LogP contribution in [-0.4, -0.2) is 59.2 Å². The second-order valence-electron chi connectivity index (χ2n) is 9.70. The molecule has 2 saturated heterocycles. The fourth-order valence-electron chi connectivity index (χ4n) is 4.70. The van der Waals surface area contributed by atoms with E-state index in [9.17, 15) is 22.8 Å². The number of hydrogen-bond acceptors (Lipinski definition) is 6. The summed E-state index contributed by atoms with van der Waals surface area (Å²) in [6, 6.07) is 13.9. The number of amides is 2. The number of aromatic nitrogens is 2. The summed E-state index contributed by atoms with van der Waals surface area (Å²) in [5.41, 5.74) is 0.924. The third-order valence-corrected chi connectivity index (χ3v) is 6.98. The fourth-order valence-corrected chi connectivity index (χ4v) is 4.70. The lowest BCUT2D eigenvalue weighted by atomic mass is 10.0. The third kappa shape index (κ3) is 6.36. The number of hydrogen-bond donors (Lipinski definition) is 1. The molecule has 2 aliphatic heterocycles. The highest BCUT2D eigenvalue weighted by atomic mass is 19.4. The Morgan fingerprint density at radius 1 is 1.00 bits per heavy atom. The number of likely N-dealkylation sites (tertiary alicyclic amines) is 1. The van der Waals surface area contributed by atoms with Gasteiger partial charge in [0.15, 0.2) is 0 Å². The van der Waals surface area contributed by atoms with E-state index in [-0.39, 0.29) is 30.3 Å². The smallest absolute Gasteiger partial charge is 0.416 e. The van der Waals surface area contributed by atoms with Crippen LogP contribution in [0.4, 0.5) is 24.5 Å². The highest BCUT2D eigenvalue weighted by Gasteiger charge is 2.32. The fraction of sp³-hybridized carbons (Fsp3) is 0.357. The summed E-state index contributed by atoms with van der Waals surface area (Å²) in [6.45, 7) is 2.20. The van der Waals surface area contributed by atoms with E-state index in [1.54, 1.807) is 28.3 Å². The first-order valence-corrected chi connectivity index (χ1v) is 12.8. The summed E-state index contributed by atoms with van der Waals surface area (Å²) in [4.78, 5) is 29.1. The van der Waals surface area contributed by atoms with Crippen LogP contribution in [0.25, 0.3) is 0 Å². The Bertz CT molecular complexity index is 1290. The molecule has 11 heteroatoms. The number of halogens is 3. The Kier molecular flexibility index (Phi) is 7.78. The van der Waals surface area contributed by atoms with Crippen LogP contribution in [0.2, 0.25) is 0 Å². The Balaban J connectivity index is 1.16. The largest absolute Gasteiger partial charge is 0.490 e. The van der Waals surface area contributed by atoms with Crippen LogP contribution in [0, 0.1) is 5.92 Å². The van der Waals surface area contributed by atoms with E-state index in [0.29, 0.717) is 61.7 Å². The molecule has 2 amide bonds. The molecule has 204 valence electrons. The van der Waals surface area contributed by atoms with Gasteiger partial charge in [-0.2, -0.15) is 23.4 Å². The summed E-state index contributed by atoms with van der Waals surface area (Å²) in [6.07, 6.45) is -0.298. The molecular weight excluding hydrogens is 511 g/mol. The molecule has 8 nitrogen and oxygen atoms in total. The number of nitrogens with zero attached hydrogens (tertiary/aromatic N) is 4. The highest BCUT2D eigenvalue weighted by Crippen LogP contribution is 2.31. The minimum Gasteiger partial charge on any atom is -0.490 e. The van der Waals surface area contributed by atoms with Crippen LogP contribution >= 0.6 is 0 Å². The summed E-state index contributed by atoms with van der Waals surface area (Å²) in [5.74, 6) is 0.334. The number of anilines is 2. The van der Waals surface area contributed by atoms with Crippen LogP contribution in [0.3, 0.4) is 0 Å². The van der Waals surface area contributed by atoms with Crippen molar-refractivity contribution in [1.29, 1.82) is 0 Å². The second-order valence-corrected chi connectivity index (χ2v) is 9.70. The summed E-state index contributed by atoms with van der Waals surface area (Å²) >= 11 is 0. The zero-order valence-corrected chi connectivity index (χ0v) is 21.1. The van der Waals surface area contributed by atoms with Gasteiger partial charge in [-0.15, -0.1) is 0 Å². The van der Waals surface area contributed by atoms with Crippen molar-refractivity contribution in [2.24, 2.45) is 5.92 Å². The van der Waals surface area contributed by atoms with Crippen molar-refractivity contribution in [3.8, 4) is 5.75 Å². The van der Waals surface area contributed by atoms with Gasteiger partial charge in [-0.3, -0.25) is 14.5 Å². The predicted octanol–water partition coefficient (Wildman–Crippen LogP) is 3.99. The molecule has 39 heavy (non-hydrogen) atoms. The van der Waals surface area contributed by atoms with E-state index < -0.39 is 11.7 Å². The molecule has 0 bridgehead atoms. The van der Waals surface area contributed by atoms with Gasteiger partial charge in [0.2, 0.25) is 11.8 Å². The average Bonchev–Trinajstić information content (AvgIpc) is 2.89. The topological polar surface area (TPSA) is 87.7 Å². The molecule has 2 aliphatic rings. The Hall–Kier alpha value is -3.99. The number of ether oxygens (including phenoxy) is 1. The van der Waals surface area contributed by atoms with Gasteiger partial charge in [0.1, 0.15) is 11.9 Å². The number of carbonyl (C=O) groups excluding carboxylic acids is 2. The lowest BCUT2D eigenvalue weighted by molar-refractivity contribution is -0.138. The molecule has 0 aliphatic carbocycles. The Morgan fingerprint density at radius 2 is 1.74 bits per heavy atom. The van der Waals surface area contributed by atoms with E-state index in [4.69, 9.17) is 4.74 Å². The van der Waals surface area contributed by atoms with Crippen LogP contribution in [0.15, 0.2) is 67.0 Å². The number of rotatable bonds is 7. The number of nitrogens with one attached hydrogen (secondary N) is 1. The SMILES string of the molecule is O=C(Cc1cccc(C(F)(F)F)c1)N1CCC(Oc2ccc(N(C(=O)C3CNC3)c3ccnnc3)cc2)CC1. The number of alkyl halides is 3. The molecule has 0 saturated carbocycles. The molecule has 2 fully saturated rings. The lowest BCUT2D eigenvalue weighted by Gasteiger charge is -2.33. The first-order chi connectivity index (χ1) is 18.8. The molecule has 0 radical (unpaired) electrons. The average molecular weight is 540 g/mol. The lowest BCUT2D eigenvalue weighted by Crippen LogP contribution is -2.51. The molecular formula is C28H28F3N5O3. The van der Waals surface area contributed by atoms with Crippen LogP contribution in [0.1, 0.15) is 24.0 Å². The predicted molar refractivity (Wildman–Crippen MR) is 137 cm³/mol. The third-order valence-electron chi connectivity index (χ3n) is 6.98. The van der Waals surface area contributed by atoms with Gasteiger partial charge in [0.05, 0.1) is 36.0 Å². The van der Waals surface area contributed by atoms with E-state index >= 15 is 0 Å². The van der Waals surface area contributed by atoms with Crippen molar-refractivity contribution >= 4 is 23.2 Å². The number of carbonyl (C=O) groups is 2. The molecule has 5 rings (SSSR count). The van der Waals surface area contributed by atoms with Crippen LogP contribution in [0.5, 0.6) is 5.75 Å². The first-order valence-electron chi connectivity index (χ1n) is 12.8. The number of benzene rings is 2. The van der Waals surface area contributed by atoms with Gasteiger partial charge >= 0.3 is 6.18 Å². The normalized spacial score (nSPS) is 16.4. The van der Waals surface area contributed by atoms with E-state index in [0.717, 1.165) is 12.1 Å². The van der Waals surface area contributed by atoms with Crippen molar-refractivity contribution in [2.45, 2.75) is 31.5 Å². The number of piperidine rings is 1.